The van der Waals surface area contributed by atoms with Crippen molar-refractivity contribution in [3.63, 3.8) is 0 Å². The van der Waals surface area contributed by atoms with Gasteiger partial charge in [0.25, 0.3) is 0 Å². The summed E-state index contributed by atoms with van der Waals surface area (Å²) in [5.74, 6) is 0. The number of hydrogen-bond acceptors (Lipinski definition) is 2. The molecule has 0 spiro atoms. The van der Waals surface area contributed by atoms with Crippen LogP contribution < -0.4 is 4.90 Å². The number of nitrogens with zero attached hydrogens (tertiary/aromatic N) is 2. The second-order valence-corrected chi connectivity index (χ2v) is 15.1. The summed E-state index contributed by atoms with van der Waals surface area (Å²) in [5.41, 5.74) is 7.09. The van der Waals surface area contributed by atoms with Crippen LogP contribution in [0.25, 0.3) is 67.0 Å². The van der Waals surface area contributed by atoms with E-state index < -0.39 is 0 Å². The monoisotopic (exact) mass is 670 g/mol. The van der Waals surface area contributed by atoms with Gasteiger partial charge in [-0.15, -0.1) is 0 Å². The number of benzene rings is 7. The van der Waals surface area contributed by atoms with Crippen LogP contribution in [-0.4, -0.2) is 19.1 Å². The van der Waals surface area contributed by atoms with Crippen LogP contribution in [-0.2, 0) is 0 Å². The SMILES string of the molecule is c1ccc(-n2c3ccccc3c3cc(N(c4ccc5sc6ccccc6c5c4)c4ccc5[se]c6ccccc6c5c4)ccc32)cc1. The van der Waals surface area contributed by atoms with Crippen molar-refractivity contribution in [3.8, 4) is 5.69 Å². The predicted octanol–water partition coefficient (Wildman–Crippen LogP) is 12.0. The summed E-state index contributed by atoms with van der Waals surface area (Å²) in [6.45, 7) is 0. The van der Waals surface area contributed by atoms with Crippen molar-refractivity contribution in [3.05, 3.63) is 158 Å². The summed E-state index contributed by atoms with van der Waals surface area (Å²) in [5, 5.41) is 7.87. The summed E-state index contributed by atoms with van der Waals surface area (Å²) in [4.78, 5) is 2.45. The zero-order valence-corrected chi connectivity index (χ0v) is 27.3. The van der Waals surface area contributed by atoms with Gasteiger partial charge in [0.15, 0.2) is 0 Å². The molecule has 0 aliphatic carbocycles. The first-order valence-corrected chi connectivity index (χ1v) is 18.0. The topological polar surface area (TPSA) is 8.17 Å². The molecule has 3 heterocycles. The molecule has 7 aromatic carbocycles. The van der Waals surface area contributed by atoms with Crippen molar-refractivity contribution in [2.45, 2.75) is 0 Å². The number of aromatic nitrogens is 1. The van der Waals surface area contributed by atoms with Crippen LogP contribution in [0.2, 0.25) is 0 Å². The third-order valence-electron chi connectivity index (χ3n) is 9.17. The van der Waals surface area contributed by atoms with Crippen molar-refractivity contribution < 1.29 is 0 Å². The van der Waals surface area contributed by atoms with E-state index in [9.17, 15) is 0 Å². The number of fused-ring (bicyclic) bond motifs is 9. The summed E-state index contributed by atoms with van der Waals surface area (Å²) in [6.07, 6.45) is 0. The van der Waals surface area contributed by atoms with Crippen LogP contribution in [0.1, 0.15) is 0 Å². The molecule has 2 nitrogen and oxygen atoms in total. The molecule has 0 radical (unpaired) electrons. The average molecular weight is 670 g/mol. The van der Waals surface area contributed by atoms with Crippen LogP contribution in [0, 0.1) is 0 Å². The molecule has 0 fully saturated rings. The number of hydrogen-bond donors (Lipinski definition) is 0. The number of rotatable bonds is 4. The smallest absolute Gasteiger partial charge is 0.0602 e. The van der Waals surface area contributed by atoms with Gasteiger partial charge in [-0.2, -0.15) is 0 Å². The van der Waals surface area contributed by atoms with E-state index in [2.05, 4.69) is 167 Å². The van der Waals surface area contributed by atoms with E-state index in [1.807, 2.05) is 11.3 Å². The first-order chi connectivity index (χ1) is 22.8. The van der Waals surface area contributed by atoms with Crippen molar-refractivity contribution in [1.82, 2.24) is 4.57 Å². The Balaban J connectivity index is 1.25. The molecule has 0 saturated carbocycles. The van der Waals surface area contributed by atoms with Gasteiger partial charge < -0.3 is 0 Å². The van der Waals surface area contributed by atoms with E-state index in [1.54, 1.807) is 0 Å². The summed E-state index contributed by atoms with van der Waals surface area (Å²) in [7, 11) is 0. The van der Waals surface area contributed by atoms with Crippen LogP contribution in [0.5, 0.6) is 0 Å². The molecule has 10 aromatic rings. The predicted molar refractivity (Wildman–Crippen MR) is 200 cm³/mol. The molecule has 0 atom stereocenters. The third kappa shape index (κ3) is 3.95. The molecule has 0 aliphatic rings. The first-order valence-electron chi connectivity index (χ1n) is 15.5. The van der Waals surface area contributed by atoms with Crippen LogP contribution in [0.15, 0.2) is 158 Å². The van der Waals surface area contributed by atoms with Gasteiger partial charge in [0.1, 0.15) is 0 Å². The molecule has 216 valence electrons. The quantitative estimate of drug-likeness (QED) is 0.169. The Morgan fingerprint density at radius 2 is 1.00 bits per heavy atom. The third-order valence-corrected chi connectivity index (χ3v) is 12.7. The molecule has 4 heteroatoms. The van der Waals surface area contributed by atoms with Gasteiger partial charge in [0.05, 0.1) is 0 Å². The summed E-state index contributed by atoms with van der Waals surface area (Å²) in [6, 6.07) is 58.2. The maximum absolute atomic E-state index is 2.45. The Kier molecular flexibility index (Phi) is 5.79. The fraction of sp³-hybridized carbons (Fsp3) is 0. The van der Waals surface area contributed by atoms with Crippen molar-refractivity contribution in [2.75, 3.05) is 4.90 Å². The van der Waals surface area contributed by atoms with E-state index in [0.717, 1.165) is 5.69 Å². The number of thiophene rings is 1. The standard InChI is InChI=1S/C42H26N2SSe/c1-2-10-27(11-3-1)44-37-15-7-4-12-31(37)34-24-28(18-21-38(34)44)43(29-19-22-40-35(25-29)32-13-5-8-16-39(32)45-40)30-20-23-42-36(26-30)33-14-6-9-17-41(33)46-42/h1-26H. The Bertz CT molecular complexity index is 2650. The fourth-order valence-corrected chi connectivity index (χ4v) is 10.5. The zero-order chi connectivity index (χ0) is 30.2. The molecule has 0 aliphatic heterocycles. The Morgan fingerprint density at radius 1 is 0.413 bits per heavy atom. The van der Waals surface area contributed by atoms with E-state index in [0.29, 0.717) is 14.5 Å². The van der Waals surface area contributed by atoms with Crippen LogP contribution in [0.4, 0.5) is 17.1 Å². The van der Waals surface area contributed by atoms with E-state index in [1.165, 1.54) is 78.3 Å². The second-order valence-electron chi connectivity index (χ2n) is 11.8. The number of anilines is 3. The van der Waals surface area contributed by atoms with Gasteiger partial charge in [-0.3, -0.25) is 0 Å². The fourth-order valence-electron chi connectivity index (χ4n) is 7.11. The molecule has 0 N–H and O–H groups in total. The first kappa shape index (κ1) is 26.1. The van der Waals surface area contributed by atoms with Crippen LogP contribution >= 0.6 is 11.3 Å². The molecule has 0 bridgehead atoms. The summed E-state index contributed by atoms with van der Waals surface area (Å²) < 4.78 is 7.95. The summed E-state index contributed by atoms with van der Waals surface area (Å²) >= 11 is 2.20. The second kappa shape index (κ2) is 10.2. The zero-order valence-electron chi connectivity index (χ0n) is 24.7. The Morgan fingerprint density at radius 3 is 1.87 bits per heavy atom. The van der Waals surface area contributed by atoms with Gasteiger partial charge >= 0.3 is 259 Å². The van der Waals surface area contributed by atoms with E-state index >= 15 is 0 Å². The molecular weight excluding hydrogens is 644 g/mol. The van der Waals surface area contributed by atoms with Crippen molar-refractivity contribution in [2.24, 2.45) is 0 Å². The molecule has 0 amide bonds. The molecule has 3 aromatic heterocycles. The Labute approximate surface area is 275 Å². The van der Waals surface area contributed by atoms with Gasteiger partial charge in [-0.1, -0.05) is 18.2 Å². The van der Waals surface area contributed by atoms with E-state index in [4.69, 9.17) is 0 Å². The molecule has 46 heavy (non-hydrogen) atoms. The van der Waals surface area contributed by atoms with Crippen molar-refractivity contribution >= 4 is 104 Å². The Hall–Kier alpha value is -5.12. The minimum atomic E-state index is 0.335. The number of para-hydroxylation sites is 2. The molecular formula is C42H26N2SSe. The van der Waals surface area contributed by atoms with Gasteiger partial charge in [0.2, 0.25) is 0 Å². The van der Waals surface area contributed by atoms with Gasteiger partial charge in [0, 0.05) is 0 Å². The van der Waals surface area contributed by atoms with Crippen LogP contribution in [0.3, 0.4) is 0 Å². The van der Waals surface area contributed by atoms with E-state index in [-0.39, 0.29) is 0 Å². The van der Waals surface area contributed by atoms with Gasteiger partial charge in [-0.05, 0) is 0 Å². The average Bonchev–Trinajstić information content (AvgIpc) is 3.78. The molecule has 0 unspecified atom stereocenters. The normalized spacial score (nSPS) is 11.9. The van der Waals surface area contributed by atoms with Crippen molar-refractivity contribution in [1.29, 1.82) is 0 Å². The minimum Gasteiger partial charge on any atom is -0.0602 e. The molecule has 0 saturated heterocycles. The van der Waals surface area contributed by atoms with Gasteiger partial charge in [-0.25, -0.2) is 0 Å². The molecule has 10 rings (SSSR count). The maximum atomic E-state index is 2.45. The minimum absolute atomic E-state index is 0.335.